The first-order chi connectivity index (χ1) is 13.4. The average molecular weight is 403 g/mol. The third-order valence-electron chi connectivity index (χ3n) is 5.79. The van der Waals surface area contributed by atoms with E-state index < -0.39 is 0 Å². The van der Waals surface area contributed by atoms with Gasteiger partial charge in [-0.1, -0.05) is 5.16 Å². The zero-order valence-electron chi connectivity index (χ0n) is 16.6. The van der Waals surface area contributed by atoms with E-state index >= 15 is 0 Å². The van der Waals surface area contributed by atoms with Gasteiger partial charge in [0.2, 0.25) is 5.91 Å². The van der Waals surface area contributed by atoms with E-state index in [1.165, 1.54) is 10.4 Å². The maximum absolute atomic E-state index is 13.2. The van der Waals surface area contributed by atoms with Gasteiger partial charge in [0.05, 0.1) is 11.3 Å². The molecule has 1 atom stereocenters. The minimum absolute atomic E-state index is 0.00845. The molecule has 1 fully saturated rings. The lowest BCUT2D eigenvalue weighted by Gasteiger charge is -2.29. The topological polar surface area (TPSA) is 78.7 Å². The van der Waals surface area contributed by atoms with Gasteiger partial charge in [-0.2, -0.15) is 0 Å². The van der Waals surface area contributed by atoms with Gasteiger partial charge in [-0.25, -0.2) is 0 Å². The van der Waals surface area contributed by atoms with Crippen LogP contribution in [-0.2, 0) is 24.3 Å². The number of rotatable bonds is 3. The summed E-state index contributed by atoms with van der Waals surface area (Å²) in [5, 5.41) is 8.92. The summed E-state index contributed by atoms with van der Waals surface area (Å²) in [6.07, 6.45) is 1.23. The van der Waals surface area contributed by atoms with E-state index in [1.807, 2.05) is 31.1 Å². The fourth-order valence-electron chi connectivity index (χ4n) is 4.01. The predicted octanol–water partition coefficient (Wildman–Crippen LogP) is 2.26. The van der Waals surface area contributed by atoms with Gasteiger partial charge in [-0.3, -0.25) is 14.5 Å². The first kappa shape index (κ1) is 19.1. The molecule has 0 aliphatic carbocycles. The monoisotopic (exact) mass is 402 g/mol. The van der Waals surface area contributed by atoms with Crippen LogP contribution in [0.3, 0.4) is 0 Å². The van der Waals surface area contributed by atoms with Crippen molar-refractivity contribution in [1.82, 2.24) is 20.3 Å². The van der Waals surface area contributed by atoms with Crippen LogP contribution in [0.1, 0.15) is 51.2 Å². The number of hydrogen-bond acceptors (Lipinski definition) is 6. The Hall–Kier alpha value is -2.19. The Morgan fingerprint density at radius 3 is 2.93 bits per heavy atom. The van der Waals surface area contributed by atoms with Crippen LogP contribution in [0.4, 0.5) is 0 Å². The molecule has 1 N–H and O–H groups in total. The highest BCUT2D eigenvalue weighted by Crippen LogP contribution is 2.31. The molecule has 7 nitrogen and oxygen atoms in total. The van der Waals surface area contributed by atoms with Crippen molar-refractivity contribution in [1.29, 1.82) is 0 Å². The normalized spacial score (nSPS) is 20.6. The highest BCUT2D eigenvalue weighted by Gasteiger charge is 2.30. The molecule has 0 radical (unpaired) electrons. The molecule has 0 saturated carbocycles. The van der Waals surface area contributed by atoms with E-state index in [-0.39, 0.29) is 17.9 Å². The zero-order valence-corrected chi connectivity index (χ0v) is 17.4. The van der Waals surface area contributed by atoms with Crippen LogP contribution in [0.5, 0.6) is 0 Å². The highest BCUT2D eigenvalue weighted by molar-refractivity contribution is 7.10. The molecular formula is C20H26N4O3S. The van der Waals surface area contributed by atoms with Crippen molar-refractivity contribution in [2.45, 2.75) is 52.7 Å². The number of nitrogens with one attached hydrogen (secondary N) is 1. The smallest absolute Gasteiger partial charge is 0.255 e. The van der Waals surface area contributed by atoms with E-state index in [0.29, 0.717) is 19.5 Å². The van der Waals surface area contributed by atoms with E-state index in [9.17, 15) is 9.59 Å². The van der Waals surface area contributed by atoms with Gasteiger partial charge in [0, 0.05) is 61.0 Å². The molecule has 4 rings (SSSR count). The minimum Gasteiger partial charge on any atom is -0.361 e. The van der Waals surface area contributed by atoms with Crippen LogP contribution in [0, 0.1) is 13.8 Å². The summed E-state index contributed by atoms with van der Waals surface area (Å²) in [5.41, 5.74) is 4.11. The van der Waals surface area contributed by atoms with Crippen LogP contribution in [0.2, 0.25) is 0 Å². The van der Waals surface area contributed by atoms with Gasteiger partial charge in [-0.05, 0) is 32.8 Å². The Balaban J connectivity index is 1.49. The lowest BCUT2D eigenvalue weighted by Crippen LogP contribution is -2.42. The number of nitrogens with zero attached hydrogens (tertiary/aromatic N) is 3. The van der Waals surface area contributed by atoms with E-state index in [1.54, 1.807) is 11.3 Å². The number of amides is 2. The van der Waals surface area contributed by atoms with Gasteiger partial charge in [0.25, 0.3) is 5.91 Å². The summed E-state index contributed by atoms with van der Waals surface area (Å²) in [6.45, 7) is 9.49. The van der Waals surface area contributed by atoms with Crippen LogP contribution in [-0.4, -0.2) is 52.4 Å². The van der Waals surface area contributed by atoms with Crippen LogP contribution < -0.4 is 5.32 Å². The van der Waals surface area contributed by atoms with Gasteiger partial charge in [0.1, 0.15) is 5.76 Å². The maximum Gasteiger partial charge on any atom is 0.255 e. The Bertz CT molecular complexity index is 884. The van der Waals surface area contributed by atoms with Crippen molar-refractivity contribution in [3.63, 3.8) is 0 Å². The third kappa shape index (κ3) is 3.58. The second-order valence-electron chi connectivity index (χ2n) is 7.72. The average Bonchev–Trinajstić information content (AvgIpc) is 3.18. The second kappa shape index (κ2) is 7.67. The molecular weight excluding hydrogens is 376 g/mol. The number of carbonyl (C=O) groups excluding carboxylic acids is 2. The van der Waals surface area contributed by atoms with E-state index in [2.05, 4.69) is 15.4 Å². The van der Waals surface area contributed by atoms with Crippen molar-refractivity contribution < 1.29 is 14.1 Å². The molecule has 2 aliphatic heterocycles. The molecule has 0 bridgehead atoms. The fraction of sp³-hybridized carbons (Fsp3) is 0.550. The number of hydrogen-bond donors (Lipinski definition) is 1. The van der Waals surface area contributed by atoms with Crippen molar-refractivity contribution in [3.05, 3.63) is 38.4 Å². The molecule has 0 unspecified atom stereocenters. The number of carbonyl (C=O) groups is 2. The number of aromatic nitrogens is 1. The summed E-state index contributed by atoms with van der Waals surface area (Å²) in [5.74, 6) is 0.953. The molecule has 8 heteroatoms. The molecule has 2 aliphatic rings. The van der Waals surface area contributed by atoms with Gasteiger partial charge >= 0.3 is 0 Å². The standard InChI is InChI=1S/C20H26N4O3S/c1-12-8-21-19(25)5-7-24(12)20(26)17-11-28-18-10-23(6-4-15(17)18)9-16-13(2)22-27-14(16)3/h11-12H,4-10H2,1-3H3,(H,21,25)/t12-/m1/s1. The molecule has 150 valence electrons. The number of thiophene rings is 1. The molecule has 1 saturated heterocycles. The molecule has 4 heterocycles. The van der Waals surface area contributed by atoms with Crippen molar-refractivity contribution in [3.8, 4) is 0 Å². The SMILES string of the molecule is Cc1noc(C)c1CN1CCc2c(C(=O)N3CCC(=O)NC[C@H]3C)csc2C1. The summed E-state index contributed by atoms with van der Waals surface area (Å²) in [6, 6.07) is 0.00845. The van der Waals surface area contributed by atoms with E-state index in [4.69, 9.17) is 4.52 Å². The van der Waals surface area contributed by atoms with Gasteiger partial charge in [-0.15, -0.1) is 11.3 Å². The van der Waals surface area contributed by atoms with Gasteiger partial charge < -0.3 is 14.7 Å². The lowest BCUT2D eigenvalue weighted by atomic mass is 10.0. The quantitative estimate of drug-likeness (QED) is 0.852. The van der Waals surface area contributed by atoms with E-state index in [0.717, 1.165) is 48.6 Å². The molecule has 2 aromatic heterocycles. The summed E-state index contributed by atoms with van der Waals surface area (Å²) in [4.78, 5) is 30.3. The Kier molecular flexibility index (Phi) is 5.25. The van der Waals surface area contributed by atoms with Crippen molar-refractivity contribution in [2.24, 2.45) is 0 Å². The van der Waals surface area contributed by atoms with Crippen molar-refractivity contribution >= 4 is 23.2 Å². The highest BCUT2D eigenvalue weighted by atomic mass is 32.1. The Morgan fingerprint density at radius 2 is 2.18 bits per heavy atom. The molecule has 2 amide bonds. The van der Waals surface area contributed by atoms with Crippen LogP contribution in [0.25, 0.3) is 0 Å². The Labute approximate surface area is 168 Å². The summed E-state index contributed by atoms with van der Waals surface area (Å²) >= 11 is 1.67. The van der Waals surface area contributed by atoms with Gasteiger partial charge in [0.15, 0.2) is 0 Å². The maximum atomic E-state index is 13.2. The number of fused-ring (bicyclic) bond motifs is 1. The van der Waals surface area contributed by atoms with Crippen LogP contribution >= 0.6 is 11.3 Å². The Morgan fingerprint density at radius 1 is 1.36 bits per heavy atom. The molecule has 28 heavy (non-hydrogen) atoms. The first-order valence-electron chi connectivity index (χ1n) is 9.75. The summed E-state index contributed by atoms with van der Waals surface area (Å²) < 4.78 is 5.28. The summed E-state index contributed by atoms with van der Waals surface area (Å²) in [7, 11) is 0. The lowest BCUT2D eigenvalue weighted by molar-refractivity contribution is -0.120. The molecule has 2 aromatic rings. The fourth-order valence-corrected chi connectivity index (χ4v) is 5.12. The largest absolute Gasteiger partial charge is 0.361 e. The predicted molar refractivity (Wildman–Crippen MR) is 106 cm³/mol. The second-order valence-corrected chi connectivity index (χ2v) is 8.68. The zero-order chi connectivity index (χ0) is 19.8. The first-order valence-corrected chi connectivity index (χ1v) is 10.6. The molecule has 0 aromatic carbocycles. The number of aryl methyl sites for hydroxylation is 2. The van der Waals surface area contributed by atoms with Crippen molar-refractivity contribution in [2.75, 3.05) is 19.6 Å². The third-order valence-corrected chi connectivity index (χ3v) is 6.80. The minimum atomic E-state index is 0.00845. The van der Waals surface area contributed by atoms with Crippen LogP contribution in [0.15, 0.2) is 9.90 Å². The molecule has 0 spiro atoms.